The highest BCUT2D eigenvalue weighted by atomic mass is 19.1. The third-order valence-electron chi connectivity index (χ3n) is 1.41. The van der Waals surface area contributed by atoms with Crippen LogP contribution < -0.4 is 5.73 Å². The van der Waals surface area contributed by atoms with E-state index in [1.54, 1.807) is 0 Å². The number of aliphatic carboxylic acids is 1. The van der Waals surface area contributed by atoms with Crippen molar-refractivity contribution in [3.8, 4) is 0 Å². The zero-order valence-electron chi connectivity index (χ0n) is 6.57. The first kappa shape index (κ1) is 9.18. The molecule has 4 nitrogen and oxygen atoms in total. The number of pyridine rings is 1. The molecule has 1 heterocycles. The van der Waals surface area contributed by atoms with Crippen molar-refractivity contribution in [2.75, 3.05) is 0 Å². The maximum absolute atomic E-state index is 13.0. The lowest BCUT2D eigenvalue weighted by Gasteiger charge is -2.00. The summed E-state index contributed by atoms with van der Waals surface area (Å²) in [5.41, 5.74) is 4.42. The highest BCUT2D eigenvalue weighted by molar-refractivity contribution is 6.14. The third kappa shape index (κ3) is 1.81. The molecule has 0 fully saturated rings. The molecule has 1 rings (SSSR count). The Balaban J connectivity index is 3.21. The van der Waals surface area contributed by atoms with Crippen LogP contribution in [0.4, 0.5) is 4.39 Å². The standard InChI is InChI=1S/C8H7FN2O2/c9-6-2-1-3-11-7(6)5(4-10)8(12)13/h1-4H,10H2,(H,12,13)/b5-4+. The number of nitrogens with zero attached hydrogens (tertiary/aromatic N) is 1. The third-order valence-corrected chi connectivity index (χ3v) is 1.41. The second-order valence-corrected chi connectivity index (χ2v) is 2.22. The number of halogens is 1. The van der Waals surface area contributed by atoms with Gasteiger partial charge in [0.1, 0.15) is 17.1 Å². The fourth-order valence-corrected chi connectivity index (χ4v) is 0.835. The van der Waals surface area contributed by atoms with E-state index >= 15 is 0 Å². The van der Waals surface area contributed by atoms with Crippen molar-refractivity contribution in [2.45, 2.75) is 0 Å². The van der Waals surface area contributed by atoms with Crippen molar-refractivity contribution in [2.24, 2.45) is 5.73 Å². The van der Waals surface area contributed by atoms with Gasteiger partial charge in [-0.15, -0.1) is 0 Å². The van der Waals surface area contributed by atoms with Crippen LogP contribution in [-0.4, -0.2) is 16.1 Å². The second-order valence-electron chi connectivity index (χ2n) is 2.22. The van der Waals surface area contributed by atoms with Crippen LogP contribution >= 0.6 is 0 Å². The van der Waals surface area contributed by atoms with Crippen LogP contribution in [0.15, 0.2) is 24.5 Å². The molecule has 0 spiro atoms. The summed E-state index contributed by atoms with van der Waals surface area (Å²) < 4.78 is 13.0. The predicted octanol–water partition coefficient (Wildman–Crippen LogP) is 0.605. The summed E-state index contributed by atoms with van der Waals surface area (Å²) in [6, 6.07) is 2.49. The summed E-state index contributed by atoms with van der Waals surface area (Å²) in [5.74, 6) is -2.01. The number of hydrogen-bond donors (Lipinski definition) is 2. The lowest BCUT2D eigenvalue weighted by Crippen LogP contribution is -2.06. The number of rotatable bonds is 2. The Bertz CT molecular complexity index is 363. The average Bonchev–Trinajstić information content (AvgIpc) is 2.09. The number of aromatic nitrogens is 1. The Hall–Kier alpha value is -1.91. The highest BCUT2D eigenvalue weighted by Crippen LogP contribution is 2.13. The molecule has 0 aliphatic rings. The van der Waals surface area contributed by atoms with E-state index in [9.17, 15) is 9.18 Å². The molecule has 0 aromatic carbocycles. The van der Waals surface area contributed by atoms with Gasteiger partial charge in [0, 0.05) is 12.4 Å². The number of carboxylic acids is 1. The fourth-order valence-electron chi connectivity index (χ4n) is 0.835. The highest BCUT2D eigenvalue weighted by Gasteiger charge is 2.14. The monoisotopic (exact) mass is 182 g/mol. The molecular weight excluding hydrogens is 175 g/mol. The van der Waals surface area contributed by atoms with Crippen molar-refractivity contribution in [3.63, 3.8) is 0 Å². The van der Waals surface area contributed by atoms with Crippen molar-refractivity contribution in [3.05, 3.63) is 36.0 Å². The predicted molar refractivity (Wildman–Crippen MR) is 44.0 cm³/mol. The summed E-state index contributed by atoms with van der Waals surface area (Å²) in [6.07, 6.45) is 2.11. The van der Waals surface area contributed by atoms with Crippen LogP contribution in [0.25, 0.3) is 5.57 Å². The Labute approximate surface area is 73.5 Å². The molecule has 0 radical (unpaired) electrons. The molecule has 0 saturated heterocycles. The van der Waals surface area contributed by atoms with Gasteiger partial charge in [-0.1, -0.05) is 0 Å². The molecule has 68 valence electrons. The normalized spacial score (nSPS) is 11.3. The average molecular weight is 182 g/mol. The fraction of sp³-hybridized carbons (Fsp3) is 0. The van der Waals surface area contributed by atoms with Gasteiger partial charge in [-0.05, 0) is 12.1 Å². The molecule has 0 aliphatic heterocycles. The molecular formula is C8H7FN2O2. The molecule has 0 atom stereocenters. The molecule has 0 saturated carbocycles. The zero-order valence-corrected chi connectivity index (χ0v) is 6.57. The molecule has 0 amide bonds. The van der Waals surface area contributed by atoms with Crippen LogP contribution in [0.5, 0.6) is 0 Å². The summed E-state index contributed by atoms with van der Waals surface area (Å²) in [4.78, 5) is 14.1. The van der Waals surface area contributed by atoms with E-state index in [0.29, 0.717) is 0 Å². The van der Waals surface area contributed by atoms with Crippen molar-refractivity contribution in [1.82, 2.24) is 4.98 Å². The lowest BCUT2D eigenvalue weighted by molar-refractivity contribution is -0.130. The van der Waals surface area contributed by atoms with Gasteiger partial charge < -0.3 is 10.8 Å². The van der Waals surface area contributed by atoms with Gasteiger partial charge in [0.2, 0.25) is 0 Å². The Morgan fingerprint density at radius 2 is 2.38 bits per heavy atom. The van der Waals surface area contributed by atoms with Gasteiger partial charge in [-0.25, -0.2) is 9.18 Å². The SMILES string of the molecule is N/C=C(/C(=O)O)c1ncccc1F. The van der Waals surface area contributed by atoms with Crippen LogP contribution in [0.1, 0.15) is 5.69 Å². The van der Waals surface area contributed by atoms with E-state index < -0.39 is 11.8 Å². The summed E-state index contributed by atoms with van der Waals surface area (Å²) >= 11 is 0. The lowest BCUT2D eigenvalue weighted by atomic mass is 10.2. The molecule has 5 heteroatoms. The van der Waals surface area contributed by atoms with Gasteiger partial charge >= 0.3 is 5.97 Å². The van der Waals surface area contributed by atoms with E-state index in [2.05, 4.69) is 4.98 Å². The van der Waals surface area contributed by atoms with Gasteiger partial charge in [0.15, 0.2) is 0 Å². The molecule has 3 N–H and O–H groups in total. The van der Waals surface area contributed by atoms with Crippen molar-refractivity contribution >= 4 is 11.5 Å². The quantitative estimate of drug-likeness (QED) is 0.657. The van der Waals surface area contributed by atoms with Crippen LogP contribution in [-0.2, 0) is 4.79 Å². The molecule has 0 unspecified atom stereocenters. The van der Waals surface area contributed by atoms with Crippen molar-refractivity contribution < 1.29 is 14.3 Å². The molecule has 1 aromatic heterocycles. The maximum atomic E-state index is 13.0. The number of nitrogens with two attached hydrogens (primary N) is 1. The first-order valence-corrected chi connectivity index (χ1v) is 3.43. The minimum Gasteiger partial charge on any atom is -0.478 e. The van der Waals surface area contributed by atoms with Gasteiger partial charge in [0.05, 0.1) is 0 Å². The topological polar surface area (TPSA) is 76.2 Å². The zero-order chi connectivity index (χ0) is 9.84. The Morgan fingerprint density at radius 1 is 1.69 bits per heavy atom. The van der Waals surface area contributed by atoms with Gasteiger partial charge in [0.25, 0.3) is 0 Å². The number of hydrogen-bond acceptors (Lipinski definition) is 3. The second kappa shape index (κ2) is 3.66. The van der Waals surface area contributed by atoms with Crippen molar-refractivity contribution in [1.29, 1.82) is 0 Å². The molecule has 1 aromatic rings. The van der Waals surface area contributed by atoms with E-state index in [1.807, 2.05) is 0 Å². The molecule has 0 bridgehead atoms. The first-order valence-electron chi connectivity index (χ1n) is 3.43. The molecule has 13 heavy (non-hydrogen) atoms. The summed E-state index contributed by atoms with van der Waals surface area (Å²) in [7, 11) is 0. The molecule has 0 aliphatic carbocycles. The minimum absolute atomic E-state index is 0.252. The summed E-state index contributed by atoms with van der Waals surface area (Å²) in [5, 5.41) is 8.60. The number of carbonyl (C=O) groups is 1. The smallest absolute Gasteiger partial charge is 0.339 e. The van der Waals surface area contributed by atoms with Crippen LogP contribution in [0.3, 0.4) is 0 Å². The van der Waals surface area contributed by atoms with Gasteiger partial charge in [-0.3, -0.25) is 4.98 Å². The first-order chi connectivity index (χ1) is 6.16. The van der Waals surface area contributed by atoms with E-state index in [1.165, 1.54) is 12.3 Å². The Kier molecular flexibility index (Phi) is 2.59. The number of carboxylic acid groups (broad SMARTS) is 1. The van der Waals surface area contributed by atoms with Gasteiger partial charge in [-0.2, -0.15) is 0 Å². The van der Waals surface area contributed by atoms with Crippen LogP contribution in [0.2, 0.25) is 0 Å². The van der Waals surface area contributed by atoms with Crippen LogP contribution in [0, 0.1) is 5.82 Å². The minimum atomic E-state index is -1.31. The summed E-state index contributed by atoms with van der Waals surface area (Å²) in [6.45, 7) is 0. The largest absolute Gasteiger partial charge is 0.478 e. The van der Waals surface area contributed by atoms with E-state index in [-0.39, 0.29) is 11.3 Å². The van der Waals surface area contributed by atoms with E-state index in [0.717, 1.165) is 12.3 Å². The Morgan fingerprint density at radius 3 is 2.85 bits per heavy atom. The van der Waals surface area contributed by atoms with E-state index in [4.69, 9.17) is 10.8 Å². The maximum Gasteiger partial charge on any atom is 0.339 e.